The lowest BCUT2D eigenvalue weighted by Gasteiger charge is -2.46. The largest absolute Gasteiger partial charge is 0.456 e. The van der Waals surface area contributed by atoms with Gasteiger partial charge >= 0.3 is 6.85 Å². The molecule has 354 valence electrons. The average molecular weight is 951 g/mol. The molecule has 0 N–H and O–H groups in total. The van der Waals surface area contributed by atoms with Crippen molar-refractivity contribution in [1.29, 1.82) is 0 Å². The van der Waals surface area contributed by atoms with Gasteiger partial charge < -0.3 is 14.1 Å². The number of fused-ring (bicyclic) bond motifs is 9. The van der Waals surface area contributed by atoms with Crippen molar-refractivity contribution in [3.8, 4) is 44.5 Å². The van der Waals surface area contributed by atoms with Crippen LogP contribution in [0.4, 0.5) is 28.4 Å². The van der Waals surface area contributed by atoms with Crippen LogP contribution in [0.2, 0.25) is 0 Å². The quantitative estimate of drug-likeness (QED) is 0.160. The van der Waals surface area contributed by atoms with Crippen molar-refractivity contribution in [3.05, 3.63) is 236 Å². The highest BCUT2D eigenvalue weighted by atomic mass is 16.3. The average Bonchev–Trinajstić information content (AvgIpc) is 3.88. The summed E-state index contributed by atoms with van der Waals surface area (Å²) in [5.41, 5.74) is 22.1. The van der Waals surface area contributed by atoms with Crippen LogP contribution in [0, 0.1) is 0 Å². The molecule has 2 aliphatic heterocycles. The van der Waals surface area contributed by atoms with Gasteiger partial charge in [0.1, 0.15) is 11.2 Å². The number of hydrogen-bond donors (Lipinski definition) is 0. The molecule has 0 bridgehead atoms. The first-order valence-corrected chi connectivity index (χ1v) is 26.1. The van der Waals surface area contributed by atoms with Gasteiger partial charge in [-0.1, -0.05) is 193 Å². The highest BCUT2D eigenvalue weighted by Crippen LogP contribution is 2.52. The fourth-order valence-electron chi connectivity index (χ4n) is 12.0. The molecule has 0 spiro atoms. The molecular formula is C70H55BN2O. The topological polar surface area (TPSA) is 19.6 Å². The minimum Gasteiger partial charge on any atom is -0.456 e. The van der Waals surface area contributed by atoms with E-state index >= 15 is 0 Å². The predicted octanol–water partition coefficient (Wildman–Crippen LogP) is 18.2. The van der Waals surface area contributed by atoms with Gasteiger partial charge in [-0.2, -0.15) is 0 Å². The van der Waals surface area contributed by atoms with E-state index in [4.69, 9.17) is 4.42 Å². The van der Waals surface area contributed by atoms with Crippen LogP contribution in [-0.4, -0.2) is 6.85 Å². The van der Waals surface area contributed by atoms with E-state index in [1.165, 1.54) is 93.8 Å². The van der Waals surface area contributed by atoms with E-state index in [0.29, 0.717) is 0 Å². The first-order chi connectivity index (χ1) is 35.9. The molecule has 3 nitrogen and oxygen atoms in total. The first kappa shape index (κ1) is 44.1. The molecule has 11 aromatic carbocycles. The fraction of sp³-hybridized carbons (Fsp3) is 0.114. The van der Waals surface area contributed by atoms with Gasteiger partial charge in [0.25, 0.3) is 0 Å². The van der Waals surface area contributed by atoms with Gasteiger partial charge in [0.05, 0.1) is 5.69 Å². The maximum Gasteiger partial charge on any atom is 0.333 e. The molecular weight excluding hydrogens is 896 g/mol. The van der Waals surface area contributed by atoms with Crippen LogP contribution in [0.3, 0.4) is 0 Å². The Balaban J connectivity index is 1.12. The minimum atomic E-state index is -0.229. The number of benzene rings is 11. The zero-order valence-electron chi connectivity index (χ0n) is 42.7. The monoisotopic (exact) mass is 950 g/mol. The van der Waals surface area contributed by atoms with Crippen LogP contribution in [0.25, 0.3) is 88.0 Å². The molecule has 0 radical (unpaired) electrons. The first-order valence-electron chi connectivity index (χ1n) is 26.1. The number of nitrogens with zero attached hydrogens (tertiary/aromatic N) is 2. The number of anilines is 5. The molecule has 0 aliphatic carbocycles. The number of furan rings is 1. The lowest BCUT2D eigenvalue weighted by molar-refractivity contribution is 0.590. The Hall–Kier alpha value is -8.60. The van der Waals surface area contributed by atoms with E-state index in [1.807, 2.05) is 0 Å². The van der Waals surface area contributed by atoms with Crippen LogP contribution in [0.15, 0.2) is 229 Å². The molecule has 3 heterocycles. The van der Waals surface area contributed by atoms with Gasteiger partial charge in [-0.25, -0.2) is 0 Å². The van der Waals surface area contributed by atoms with Crippen molar-refractivity contribution >= 4 is 89.7 Å². The SMILES string of the molecule is CC(C)(C)c1ccc(N2c3cc4c(cc3B3c5c(cc(-c6ccccc6)cc52)-c2cc5ccccc5cc2N3c2ccc(-c3ccccc3)cc2)oc2cc3ccc(C(C)(C)C)cc3cc24)c(-c2ccccc2)c1. The summed E-state index contributed by atoms with van der Waals surface area (Å²) < 4.78 is 7.11. The van der Waals surface area contributed by atoms with Crippen molar-refractivity contribution in [2.24, 2.45) is 0 Å². The van der Waals surface area contributed by atoms with Crippen molar-refractivity contribution in [1.82, 2.24) is 0 Å². The minimum absolute atomic E-state index is 0.0175. The molecule has 0 saturated heterocycles. The van der Waals surface area contributed by atoms with Gasteiger partial charge in [-0.3, -0.25) is 0 Å². The summed E-state index contributed by atoms with van der Waals surface area (Å²) in [5, 5.41) is 7.03. The summed E-state index contributed by atoms with van der Waals surface area (Å²) >= 11 is 0. The number of hydrogen-bond acceptors (Lipinski definition) is 3. The standard InChI is InChI=1S/C70H55BN2O/c1-69(2,3)53-29-26-50-40-66-58(36-51(50)34-53)59-42-64-61(43-67(59)74-66)71-68-60(57-35-48-24-16-17-25-49(48)38-63(57)73(71)55-31-27-46(28-32-55)44-18-10-7-11-19-44)37-52(45-20-12-8-13-21-45)39-65(68)72(64)62-33-30-54(70(4,5)6)41-56(62)47-22-14-9-15-23-47/h7-43H,1-6H3. The highest BCUT2D eigenvalue weighted by molar-refractivity contribution is 6.93. The van der Waals surface area contributed by atoms with E-state index in [-0.39, 0.29) is 17.7 Å². The summed E-state index contributed by atoms with van der Waals surface area (Å²) in [5.74, 6) is 0. The summed E-state index contributed by atoms with van der Waals surface area (Å²) in [6, 6.07) is 84.0. The second-order valence-corrected chi connectivity index (χ2v) is 22.6. The van der Waals surface area contributed by atoms with Crippen molar-refractivity contribution in [2.75, 3.05) is 9.71 Å². The van der Waals surface area contributed by atoms with Gasteiger partial charge in [0.2, 0.25) is 0 Å². The Morgan fingerprint density at radius 3 is 1.61 bits per heavy atom. The molecule has 0 unspecified atom stereocenters. The lowest BCUT2D eigenvalue weighted by atomic mass is 9.43. The maximum absolute atomic E-state index is 7.11. The summed E-state index contributed by atoms with van der Waals surface area (Å²) in [6.45, 7) is 13.6. The van der Waals surface area contributed by atoms with Crippen molar-refractivity contribution < 1.29 is 4.42 Å². The molecule has 0 saturated carbocycles. The second kappa shape index (κ2) is 16.5. The van der Waals surface area contributed by atoms with Crippen LogP contribution in [-0.2, 0) is 10.8 Å². The second-order valence-electron chi connectivity index (χ2n) is 22.6. The molecule has 0 fully saturated rings. The molecule has 0 amide bonds. The lowest BCUT2D eigenvalue weighted by Crippen LogP contribution is -2.61. The van der Waals surface area contributed by atoms with Gasteiger partial charge in [-0.15, -0.1) is 0 Å². The Kier molecular flexibility index (Phi) is 9.82. The van der Waals surface area contributed by atoms with E-state index in [1.54, 1.807) is 0 Å². The third-order valence-corrected chi connectivity index (χ3v) is 15.9. The molecule has 12 aromatic rings. The van der Waals surface area contributed by atoms with Gasteiger partial charge in [-0.05, 0) is 161 Å². The normalized spacial score (nSPS) is 13.2. The molecule has 1 aromatic heterocycles. The van der Waals surface area contributed by atoms with Crippen LogP contribution in [0.1, 0.15) is 52.7 Å². The van der Waals surface area contributed by atoms with Gasteiger partial charge in [0.15, 0.2) is 0 Å². The van der Waals surface area contributed by atoms with Crippen LogP contribution < -0.4 is 20.6 Å². The zero-order valence-corrected chi connectivity index (χ0v) is 42.7. The molecule has 14 rings (SSSR count). The van der Waals surface area contributed by atoms with E-state index in [2.05, 4.69) is 276 Å². The summed E-state index contributed by atoms with van der Waals surface area (Å²) in [6.07, 6.45) is 0. The van der Waals surface area contributed by atoms with Crippen molar-refractivity contribution in [3.63, 3.8) is 0 Å². The third-order valence-electron chi connectivity index (χ3n) is 15.9. The molecule has 74 heavy (non-hydrogen) atoms. The van der Waals surface area contributed by atoms with Crippen LogP contribution in [0.5, 0.6) is 0 Å². The zero-order chi connectivity index (χ0) is 50.0. The fourth-order valence-corrected chi connectivity index (χ4v) is 12.0. The Morgan fingerprint density at radius 1 is 0.351 bits per heavy atom. The van der Waals surface area contributed by atoms with E-state index in [0.717, 1.165) is 44.7 Å². The highest BCUT2D eigenvalue weighted by Gasteiger charge is 2.46. The third kappa shape index (κ3) is 7.11. The summed E-state index contributed by atoms with van der Waals surface area (Å²) in [7, 11) is 0. The number of rotatable bonds is 5. The van der Waals surface area contributed by atoms with Gasteiger partial charge in [0, 0.05) is 44.6 Å². The molecule has 0 atom stereocenters. The Morgan fingerprint density at radius 2 is 0.919 bits per heavy atom. The molecule has 4 heteroatoms. The molecule has 2 aliphatic rings. The van der Waals surface area contributed by atoms with Crippen LogP contribution >= 0.6 is 0 Å². The van der Waals surface area contributed by atoms with Crippen molar-refractivity contribution in [2.45, 2.75) is 52.4 Å². The summed E-state index contributed by atoms with van der Waals surface area (Å²) in [4.78, 5) is 5.23. The Bertz CT molecular complexity index is 4200. The maximum atomic E-state index is 7.11. The smallest absolute Gasteiger partial charge is 0.333 e. The Labute approximate surface area is 434 Å². The van der Waals surface area contributed by atoms with E-state index in [9.17, 15) is 0 Å². The predicted molar refractivity (Wildman–Crippen MR) is 316 cm³/mol. The van der Waals surface area contributed by atoms with E-state index < -0.39 is 0 Å².